The Balaban J connectivity index is 1.37. The van der Waals surface area contributed by atoms with Crippen molar-refractivity contribution in [1.82, 2.24) is 24.8 Å². The van der Waals surface area contributed by atoms with Gasteiger partial charge in [-0.05, 0) is 35.7 Å². The van der Waals surface area contributed by atoms with Crippen molar-refractivity contribution >= 4 is 34.6 Å². The van der Waals surface area contributed by atoms with Crippen molar-refractivity contribution in [2.75, 3.05) is 11.9 Å². The van der Waals surface area contributed by atoms with Crippen LogP contribution in [-0.2, 0) is 45.1 Å². The van der Waals surface area contributed by atoms with Gasteiger partial charge < -0.3 is 20.4 Å². The van der Waals surface area contributed by atoms with Gasteiger partial charge in [0.05, 0.1) is 24.9 Å². The first kappa shape index (κ1) is 31.6. The summed E-state index contributed by atoms with van der Waals surface area (Å²) in [5.74, 6) is -4.48. The number of anilines is 1. The summed E-state index contributed by atoms with van der Waals surface area (Å²) in [5.41, 5.74) is 2.81. The number of H-pyrrole nitrogens is 1. The molecule has 0 atom stereocenters. The first-order chi connectivity index (χ1) is 22.1. The van der Waals surface area contributed by atoms with Gasteiger partial charge in [0, 0.05) is 41.1 Å². The third-order valence-corrected chi connectivity index (χ3v) is 6.87. The average Bonchev–Trinajstić information content (AvgIpc) is 3.45. The summed E-state index contributed by atoms with van der Waals surface area (Å²) in [6.45, 7) is 0.151. The Morgan fingerprint density at radius 1 is 0.957 bits per heavy atom. The van der Waals surface area contributed by atoms with E-state index < -0.39 is 42.5 Å². The summed E-state index contributed by atoms with van der Waals surface area (Å²) >= 11 is 0. The normalized spacial score (nSPS) is 11.3. The zero-order valence-electron chi connectivity index (χ0n) is 24.1. The third-order valence-electron chi connectivity index (χ3n) is 6.87. The van der Waals surface area contributed by atoms with E-state index in [1.54, 1.807) is 24.5 Å². The van der Waals surface area contributed by atoms with Gasteiger partial charge in [-0.1, -0.05) is 48.5 Å². The fourth-order valence-corrected chi connectivity index (χ4v) is 4.69. The van der Waals surface area contributed by atoms with Crippen molar-refractivity contribution in [3.63, 3.8) is 0 Å². The van der Waals surface area contributed by atoms with Gasteiger partial charge in [-0.3, -0.25) is 23.9 Å². The van der Waals surface area contributed by atoms with Crippen LogP contribution >= 0.6 is 0 Å². The number of carbonyl (C=O) groups is 3. The standard InChI is InChI=1S/C32H27F3N6O5/c33-32(34,35)31(45)46-28(43)14-21-7-4-8-22(13-21)26-18-39-29(37-12-9-20-5-2-1-3-6-20)30(44)41(26)19-27(42)38-17-24-15-23-16-36-11-10-25(23)40-24/h1-8,10-11,13,15-16,18,40H,9,12,14,17,19H2,(H,37,39)(H,38,42). The maximum atomic E-state index is 13.6. The zero-order valence-corrected chi connectivity index (χ0v) is 24.1. The number of benzene rings is 2. The second-order valence-electron chi connectivity index (χ2n) is 10.2. The Morgan fingerprint density at radius 2 is 1.74 bits per heavy atom. The molecule has 0 spiro atoms. The van der Waals surface area contributed by atoms with E-state index in [9.17, 15) is 32.3 Å². The molecule has 46 heavy (non-hydrogen) atoms. The molecule has 0 aliphatic carbocycles. The minimum absolute atomic E-state index is 0.0148. The molecule has 0 saturated carbocycles. The van der Waals surface area contributed by atoms with Gasteiger partial charge in [0.25, 0.3) is 5.56 Å². The largest absolute Gasteiger partial charge is 0.491 e. The number of hydrogen-bond donors (Lipinski definition) is 3. The van der Waals surface area contributed by atoms with E-state index in [4.69, 9.17) is 0 Å². The number of pyridine rings is 1. The summed E-state index contributed by atoms with van der Waals surface area (Å²) in [4.78, 5) is 61.3. The molecule has 3 aromatic heterocycles. The lowest BCUT2D eigenvalue weighted by Gasteiger charge is -2.16. The number of rotatable bonds is 11. The number of nitrogens with zero attached hydrogens (tertiary/aromatic N) is 3. The Kier molecular flexibility index (Phi) is 9.55. The highest BCUT2D eigenvalue weighted by Crippen LogP contribution is 2.22. The van der Waals surface area contributed by atoms with E-state index in [0.717, 1.165) is 22.2 Å². The molecule has 0 aliphatic heterocycles. The monoisotopic (exact) mass is 632 g/mol. The van der Waals surface area contributed by atoms with Crippen molar-refractivity contribution in [3.8, 4) is 11.3 Å². The molecule has 5 rings (SSSR count). The highest BCUT2D eigenvalue weighted by Gasteiger charge is 2.42. The smallest absolute Gasteiger partial charge is 0.386 e. The molecule has 236 valence electrons. The number of nitrogens with one attached hydrogen (secondary N) is 3. The Hall–Kier alpha value is -5.79. The van der Waals surface area contributed by atoms with Crippen LogP contribution in [0, 0.1) is 0 Å². The quantitative estimate of drug-likeness (QED) is 0.147. The van der Waals surface area contributed by atoms with Crippen LogP contribution in [0.3, 0.4) is 0 Å². The van der Waals surface area contributed by atoms with Crippen molar-refractivity contribution < 1.29 is 32.3 Å². The predicted molar refractivity (Wildman–Crippen MR) is 161 cm³/mol. The number of carbonyl (C=O) groups excluding carboxylic acids is 3. The number of halogens is 3. The highest BCUT2D eigenvalue weighted by atomic mass is 19.4. The van der Waals surface area contributed by atoms with Crippen molar-refractivity contribution in [2.24, 2.45) is 0 Å². The van der Waals surface area contributed by atoms with Crippen molar-refractivity contribution in [2.45, 2.75) is 32.1 Å². The lowest BCUT2D eigenvalue weighted by molar-refractivity contribution is -0.201. The molecular weight excluding hydrogens is 605 g/mol. The summed E-state index contributed by atoms with van der Waals surface area (Å²) in [5, 5.41) is 6.68. The van der Waals surface area contributed by atoms with E-state index in [1.165, 1.54) is 29.0 Å². The molecule has 0 fully saturated rings. The van der Waals surface area contributed by atoms with Gasteiger partial charge in [0.15, 0.2) is 5.82 Å². The molecule has 0 bridgehead atoms. The van der Waals surface area contributed by atoms with Crippen molar-refractivity contribution in [3.05, 3.63) is 112 Å². The van der Waals surface area contributed by atoms with Crippen LogP contribution in [-0.4, -0.2) is 50.1 Å². The fourth-order valence-electron chi connectivity index (χ4n) is 4.69. The molecule has 2 aromatic carbocycles. The maximum Gasteiger partial charge on any atom is 0.491 e. The summed E-state index contributed by atoms with van der Waals surface area (Å²) in [6, 6.07) is 19.2. The summed E-state index contributed by atoms with van der Waals surface area (Å²) < 4.78 is 42.6. The SMILES string of the molecule is O=C(Cn1c(-c2cccc(CC(=O)OC(=O)C(F)(F)F)c2)cnc(NCCc2ccccc2)c1=O)NCc1cc2cnccc2[nH]1. The molecule has 5 aromatic rings. The lowest BCUT2D eigenvalue weighted by Crippen LogP contribution is -2.34. The van der Waals surface area contributed by atoms with Crippen LogP contribution in [0.2, 0.25) is 0 Å². The Bertz CT molecular complexity index is 1910. The van der Waals surface area contributed by atoms with E-state index in [1.807, 2.05) is 36.4 Å². The molecule has 0 saturated heterocycles. The number of aromatic amines is 1. The maximum absolute atomic E-state index is 13.6. The number of aromatic nitrogens is 4. The summed E-state index contributed by atoms with van der Waals surface area (Å²) in [6.07, 6.45) is -0.637. The molecule has 3 heterocycles. The molecular formula is C32H27F3N6O5. The van der Waals surface area contributed by atoms with Crippen LogP contribution < -0.4 is 16.2 Å². The van der Waals surface area contributed by atoms with Crippen LogP contribution in [0.25, 0.3) is 22.2 Å². The Labute approximate surface area is 259 Å². The average molecular weight is 633 g/mol. The van der Waals surface area contributed by atoms with Gasteiger partial charge in [-0.25, -0.2) is 9.78 Å². The van der Waals surface area contributed by atoms with Crippen molar-refractivity contribution in [1.29, 1.82) is 0 Å². The minimum Gasteiger partial charge on any atom is -0.386 e. The molecule has 3 N–H and O–H groups in total. The number of alkyl halides is 3. The molecule has 1 amide bonds. The van der Waals surface area contributed by atoms with Crippen LogP contribution in [0.1, 0.15) is 16.8 Å². The van der Waals surface area contributed by atoms with Crippen LogP contribution in [0.4, 0.5) is 19.0 Å². The highest BCUT2D eigenvalue weighted by molar-refractivity contribution is 5.89. The molecule has 11 nitrogen and oxygen atoms in total. The number of hydrogen-bond acceptors (Lipinski definition) is 8. The minimum atomic E-state index is -5.32. The summed E-state index contributed by atoms with van der Waals surface area (Å²) in [7, 11) is 0. The topological polar surface area (TPSA) is 148 Å². The second-order valence-corrected chi connectivity index (χ2v) is 10.2. The number of ether oxygens (including phenoxy) is 1. The van der Waals surface area contributed by atoms with Gasteiger partial charge in [0.1, 0.15) is 6.54 Å². The van der Waals surface area contributed by atoms with E-state index in [0.29, 0.717) is 18.5 Å². The number of amides is 1. The van der Waals surface area contributed by atoms with Crippen LogP contribution in [0.15, 0.2) is 90.1 Å². The molecule has 14 heteroatoms. The van der Waals surface area contributed by atoms with Gasteiger partial charge in [-0.2, -0.15) is 13.2 Å². The molecule has 0 radical (unpaired) electrons. The Morgan fingerprint density at radius 3 is 2.50 bits per heavy atom. The predicted octanol–water partition coefficient (Wildman–Crippen LogP) is 3.93. The van der Waals surface area contributed by atoms with Gasteiger partial charge in [-0.15, -0.1) is 0 Å². The zero-order chi connectivity index (χ0) is 32.7. The second kappa shape index (κ2) is 13.9. The number of esters is 2. The molecule has 0 aliphatic rings. The first-order valence-corrected chi connectivity index (χ1v) is 14.0. The lowest BCUT2D eigenvalue weighted by atomic mass is 10.1. The number of fused-ring (bicyclic) bond motifs is 1. The fraction of sp³-hybridized carbons (Fsp3) is 0.188. The van der Waals surface area contributed by atoms with Gasteiger partial charge in [0.2, 0.25) is 5.91 Å². The van der Waals surface area contributed by atoms with E-state index in [2.05, 4.69) is 30.3 Å². The van der Waals surface area contributed by atoms with Gasteiger partial charge >= 0.3 is 18.1 Å². The van der Waals surface area contributed by atoms with E-state index >= 15 is 0 Å². The van der Waals surface area contributed by atoms with Crippen LogP contribution in [0.5, 0.6) is 0 Å². The third kappa shape index (κ3) is 8.02. The first-order valence-electron chi connectivity index (χ1n) is 14.0. The molecule has 0 unspecified atom stereocenters. The van der Waals surface area contributed by atoms with E-state index in [-0.39, 0.29) is 23.6 Å².